The fraction of sp³-hybridized carbons (Fsp3) is 0.455. The number of aromatic nitrogens is 5. The summed E-state index contributed by atoms with van der Waals surface area (Å²) in [7, 11) is 1.86. The SMILES string of the molecule is CNc1cc(N2CCn3cnnc3C2)nc(SC)n1. The Bertz CT molecular complexity index is 560. The van der Waals surface area contributed by atoms with Crippen molar-refractivity contribution in [3.63, 3.8) is 0 Å². The molecule has 0 bridgehead atoms. The van der Waals surface area contributed by atoms with E-state index in [0.717, 1.165) is 42.3 Å². The van der Waals surface area contributed by atoms with Crippen molar-refractivity contribution in [3.8, 4) is 0 Å². The normalized spacial score (nSPS) is 14.3. The van der Waals surface area contributed by atoms with Gasteiger partial charge in [0.15, 0.2) is 11.0 Å². The van der Waals surface area contributed by atoms with Crippen LogP contribution in [-0.2, 0) is 13.1 Å². The molecule has 0 aliphatic carbocycles. The first-order chi connectivity index (χ1) is 9.30. The number of nitrogens with zero attached hydrogens (tertiary/aromatic N) is 6. The van der Waals surface area contributed by atoms with Crippen molar-refractivity contribution in [1.82, 2.24) is 24.7 Å². The lowest BCUT2D eigenvalue weighted by atomic mass is 10.3. The van der Waals surface area contributed by atoms with Crippen LogP contribution in [0.1, 0.15) is 5.82 Å². The highest BCUT2D eigenvalue weighted by Crippen LogP contribution is 2.23. The minimum Gasteiger partial charge on any atom is -0.373 e. The lowest BCUT2D eigenvalue weighted by Crippen LogP contribution is -2.34. The maximum absolute atomic E-state index is 4.56. The smallest absolute Gasteiger partial charge is 0.191 e. The van der Waals surface area contributed by atoms with Crippen molar-refractivity contribution in [1.29, 1.82) is 0 Å². The molecular formula is C11H15N7S. The Morgan fingerprint density at radius 2 is 2.21 bits per heavy atom. The van der Waals surface area contributed by atoms with Gasteiger partial charge in [0, 0.05) is 26.2 Å². The van der Waals surface area contributed by atoms with Gasteiger partial charge in [0.25, 0.3) is 0 Å². The highest BCUT2D eigenvalue weighted by molar-refractivity contribution is 7.98. The van der Waals surface area contributed by atoms with Crippen molar-refractivity contribution in [3.05, 3.63) is 18.2 Å². The lowest BCUT2D eigenvalue weighted by molar-refractivity contribution is 0.554. The van der Waals surface area contributed by atoms with Gasteiger partial charge in [0.05, 0.1) is 6.54 Å². The molecule has 0 saturated heterocycles. The van der Waals surface area contributed by atoms with E-state index in [2.05, 4.69) is 34.9 Å². The fourth-order valence-corrected chi connectivity index (χ4v) is 2.43. The van der Waals surface area contributed by atoms with Crippen molar-refractivity contribution in [2.24, 2.45) is 0 Å². The van der Waals surface area contributed by atoms with E-state index in [1.165, 1.54) is 0 Å². The van der Waals surface area contributed by atoms with Gasteiger partial charge in [-0.2, -0.15) is 0 Å². The number of rotatable bonds is 3. The van der Waals surface area contributed by atoms with Crippen molar-refractivity contribution >= 4 is 23.4 Å². The number of nitrogens with one attached hydrogen (secondary N) is 1. The number of fused-ring (bicyclic) bond motifs is 1. The molecule has 100 valence electrons. The fourth-order valence-electron chi connectivity index (χ4n) is 2.06. The van der Waals surface area contributed by atoms with Gasteiger partial charge in [0.1, 0.15) is 18.0 Å². The number of hydrogen-bond donors (Lipinski definition) is 1. The molecule has 0 atom stereocenters. The molecule has 3 heterocycles. The van der Waals surface area contributed by atoms with Crippen LogP contribution in [0.25, 0.3) is 0 Å². The Morgan fingerprint density at radius 3 is 3.00 bits per heavy atom. The molecule has 0 aromatic carbocycles. The second kappa shape index (κ2) is 5.04. The molecule has 1 N–H and O–H groups in total. The maximum Gasteiger partial charge on any atom is 0.191 e. The van der Waals surface area contributed by atoms with Crippen LogP contribution < -0.4 is 10.2 Å². The van der Waals surface area contributed by atoms with E-state index in [0.29, 0.717) is 0 Å². The number of hydrogen-bond acceptors (Lipinski definition) is 7. The van der Waals surface area contributed by atoms with E-state index >= 15 is 0 Å². The van der Waals surface area contributed by atoms with Crippen LogP contribution in [0.3, 0.4) is 0 Å². The largest absolute Gasteiger partial charge is 0.373 e. The van der Waals surface area contributed by atoms with Crippen LogP contribution in [0.4, 0.5) is 11.6 Å². The molecule has 19 heavy (non-hydrogen) atoms. The number of thioether (sulfide) groups is 1. The minimum atomic E-state index is 0.730. The first-order valence-corrected chi connectivity index (χ1v) is 7.25. The summed E-state index contributed by atoms with van der Waals surface area (Å²) < 4.78 is 2.08. The standard InChI is InChI=1S/C11H15N7S/c1-12-8-5-9(15-11(14-8)19-2)17-3-4-18-7-13-16-10(18)6-17/h5,7H,3-4,6H2,1-2H3,(H,12,14,15). The van der Waals surface area contributed by atoms with Gasteiger partial charge in [-0.15, -0.1) is 10.2 Å². The summed E-state index contributed by atoms with van der Waals surface area (Å²) in [5.41, 5.74) is 0. The second-order valence-electron chi connectivity index (χ2n) is 4.21. The summed E-state index contributed by atoms with van der Waals surface area (Å²) in [6, 6.07) is 1.96. The molecule has 8 heteroatoms. The quantitative estimate of drug-likeness (QED) is 0.658. The van der Waals surface area contributed by atoms with Crippen LogP contribution >= 0.6 is 11.8 Å². The topological polar surface area (TPSA) is 71.8 Å². The Kier molecular flexibility index (Phi) is 3.24. The molecular weight excluding hydrogens is 262 g/mol. The molecule has 0 saturated carbocycles. The van der Waals surface area contributed by atoms with E-state index in [1.54, 1.807) is 18.1 Å². The summed E-state index contributed by atoms with van der Waals surface area (Å²) in [4.78, 5) is 11.1. The van der Waals surface area contributed by atoms with E-state index in [-0.39, 0.29) is 0 Å². The zero-order valence-corrected chi connectivity index (χ0v) is 11.7. The van der Waals surface area contributed by atoms with Crippen LogP contribution in [0.5, 0.6) is 0 Å². The zero-order chi connectivity index (χ0) is 13.2. The molecule has 0 fully saturated rings. The maximum atomic E-state index is 4.56. The molecule has 0 amide bonds. The van der Waals surface area contributed by atoms with Gasteiger partial charge in [-0.3, -0.25) is 0 Å². The van der Waals surface area contributed by atoms with E-state index in [1.807, 2.05) is 19.4 Å². The van der Waals surface area contributed by atoms with Gasteiger partial charge in [0.2, 0.25) is 0 Å². The Balaban J connectivity index is 1.90. The van der Waals surface area contributed by atoms with Gasteiger partial charge in [-0.1, -0.05) is 11.8 Å². The average Bonchev–Trinajstić information content (AvgIpc) is 2.94. The van der Waals surface area contributed by atoms with Gasteiger partial charge in [-0.25, -0.2) is 9.97 Å². The van der Waals surface area contributed by atoms with Crippen molar-refractivity contribution < 1.29 is 0 Å². The highest BCUT2D eigenvalue weighted by atomic mass is 32.2. The molecule has 2 aromatic heterocycles. The van der Waals surface area contributed by atoms with Crippen molar-refractivity contribution in [2.75, 3.05) is 30.1 Å². The Hall–Kier alpha value is -1.83. The average molecular weight is 277 g/mol. The molecule has 1 aliphatic heterocycles. The summed E-state index contributed by atoms with van der Waals surface area (Å²) >= 11 is 1.54. The van der Waals surface area contributed by atoms with E-state index < -0.39 is 0 Å². The van der Waals surface area contributed by atoms with E-state index in [4.69, 9.17) is 0 Å². The van der Waals surface area contributed by atoms with E-state index in [9.17, 15) is 0 Å². The number of anilines is 2. The van der Waals surface area contributed by atoms with Crippen LogP contribution in [0.15, 0.2) is 17.6 Å². The monoisotopic (exact) mass is 277 g/mol. The molecule has 0 radical (unpaired) electrons. The molecule has 7 nitrogen and oxygen atoms in total. The highest BCUT2D eigenvalue weighted by Gasteiger charge is 2.19. The molecule has 0 unspecified atom stereocenters. The Labute approximate surface area is 115 Å². The van der Waals surface area contributed by atoms with Crippen LogP contribution in [0, 0.1) is 0 Å². The summed E-state index contributed by atoms with van der Waals surface area (Å²) in [5, 5.41) is 11.9. The zero-order valence-electron chi connectivity index (χ0n) is 10.9. The first-order valence-electron chi connectivity index (χ1n) is 6.02. The first kappa shape index (κ1) is 12.2. The molecule has 0 spiro atoms. The van der Waals surface area contributed by atoms with Gasteiger partial charge in [-0.05, 0) is 6.26 Å². The predicted molar refractivity (Wildman–Crippen MR) is 74.4 cm³/mol. The van der Waals surface area contributed by atoms with Gasteiger partial charge >= 0.3 is 0 Å². The third-order valence-corrected chi connectivity index (χ3v) is 3.64. The summed E-state index contributed by atoms with van der Waals surface area (Å²) in [5.74, 6) is 2.74. The van der Waals surface area contributed by atoms with Crippen molar-refractivity contribution in [2.45, 2.75) is 18.2 Å². The third kappa shape index (κ3) is 2.35. The lowest BCUT2D eigenvalue weighted by Gasteiger charge is -2.28. The summed E-state index contributed by atoms with van der Waals surface area (Å²) in [6.07, 6.45) is 3.75. The van der Waals surface area contributed by atoms with Crippen LogP contribution in [0.2, 0.25) is 0 Å². The third-order valence-electron chi connectivity index (χ3n) is 3.09. The molecule has 3 rings (SSSR count). The minimum absolute atomic E-state index is 0.730. The summed E-state index contributed by atoms with van der Waals surface area (Å²) in [6.45, 7) is 2.52. The second-order valence-corrected chi connectivity index (χ2v) is 4.98. The molecule has 1 aliphatic rings. The van der Waals surface area contributed by atoms with Gasteiger partial charge < -0.3 is 14.8 Å². The Morgan fingerprint density at radius 1 is 1.32 bits per heavy atom. The predicted octanol–water partition coefficient (Wildman–Crippen LogP) is 0.852. The molecule has 2 aromatic rings. The van der Waals surface area contributed by atoms with Crippen LogP contribution in [-0.4, -0.2) is 44.6 Å².